The van der Waals surface area contributed by atoms with E-state index >= 15 is 0 Å². The first kappa shape index (κ1) is 27.8. The molecule has 8 heteroatoms. The molecular weight excluding hydrogens is 509 g/mol. The highest BCUT2D eigenvalue weighted by Gasteiger charge is 2.21. The molecule has 0 amide bonds. The van der Waals surface area contributed by atoms with Crippen LogP contribution in [0.2, 0.25) is 0 Å². The number of hydrogen-bond acceptors (Lipinski definition) is 5. The molecule has 0 unspecified atom stereocenters. The third-order valence-corrected chi connectivity index (χ3v) is 5.25. The lowest BCUT2D eigenvalue weighted by Gasteiger charge is -2.34. The third kappa shape index (κ3) is 9.82. The molecule has 1 aliphatic rings. The van der Waals surface area contributed by atoms with Crippen molar-refractivity contribution < 1.29 is 18.9 Å². The molecule has 1 N–H and O–H groups in total. The van der Waals surface area contributed by atoms with Gasteiger partial charge in [-0.1, -0.05) is 6.07 Å². The lowest BCUT2D eigenvalue weighted by Crippen LogP contribution is -2.47. The van der Waals surface area contributed by atoms with Gasteiger partial charge in [-0.05, 0) is 56.7 Å². The topological polar surface area (TPSA) is 64.6 Å². The summed E-state index contributed by atoms with van der Waals surface area (Å²) in [6.45, 7) is 7.00. The largest absolute Gasteiger partial charge is 0.493 e. The van der Waals surface area contributed by atoms with Gasteiger partial charge in [-0.25, -0.2) is 0 Å². The van der Waals surface area contributed by atoms with E-state index in [1.54, 1.807) is 14.2 Å². The maximum absolute atomic E-state index is 5.95. The lowest BCUT2D eigenvalue weighted by molar-refractivity contribution is 0.00991. The van der Waals surface area contributed by atoms with Crippen LogP contribution < -0.4 is 14.8 Å². The highest BCUT2D eigenvalue weighted by Crippen LogP contribution is 2.28. The number of aliphatic imine (C=N–C) groups is 1. The fourth-order valence-corrected chi connectivity index (χ4v) is 3.66. The molecule has 1 aliphatic heterocycles. The number of hydrogen-bond donors (Lipinski definition) is 1. The second-order valence-electron chi connectivity index (χ2n) is 7.40. The molecule has 0 spiro atoms. The van der Waals surface area contributed by atoms with Crippen LogP contribution in [0.1, 0.15) is 38.2 Å². The highest BCUT2D eigenvalue weighted by atomic mass is 127. The molecule has 7 nitrogen and oxygen atoms in total. The van der Waals surface area contributed by atoms with Crippen LogP contribution in [0.25, 0.3) is 0 Å². The number of halogens is 1. The van der Waals surface area contributed by atoms with Crippen molar-refractivity contribution in [3.8, 4) is 11.5 Å². The molecule has 0 atom stereocenters. The van der Waals surface area contributed by atoms with E-state index in [1.807, 2.05) is 20.0 Å². The summed E-state index contributed by atoms with van der Waals surface area (Å²) < 4.78 is 22.1. The van der Waals surface area contributed by atoms with Gasteiger partial charge in [0.1, 0.15) is 0 Å². The van der Waals surface area contributed by atoms with Gasteiger partial charge in [-0.3, -0.25) is 4.99 Å². The first-order chi connectivity index (χ1) is 14.7. The molecule has 0 aromatic heterocycles. The fraction of sp³-hybridized carbons (Fsp3) is 0.696. The van der Waals surface area contributed by atoms with Crippen molar-refractivity contribution in [1.82, 2.24) is 10.2 Å². The Hall–Kier alpha value is -1.26. The normalized spacial score (nSPS) is 14.8. The van der Waals surface area contributed by atoms with Crippen LogP contribution in [0.15, 0.2) is 23.2 Å². The van der Waals surface area contributed by atoms with Gasteiger partial charge >= 0.3 is 0 Å². The zero-order valence-electron chi connectivity index (χ0n) is 19.5. The summed E-state index contributed by atoms with van der Waals surface area (Å²) in [5.41, 5.74) is 1.25. The summed E-state index contributed by atoms with van der Waals surface area (Å²) in [4.78, 5) is 6.80. The quantitative estimate of drug-likeness (QED) is 0.186. The molecular formula is C23H40IN3O4. The first-order valence-electron chi connectivity index (χ1n) is 11.1. The molecule has 0 bridgehead atoms. The SMILES string of the molecule is CCOc1cc(CCCNC(=NC)N2CCC(OCCCOC)CC2)ccc1OC.I. The molecule has 1 aromatic rings. The monoisotopic (exact) mass is 549 g/mol. The molecule has 1 heterocycles. The van der Waals surface area contributed by atoms with Crippen LogP contribution in [0, 0.1) is 0 Å². The Balaban J connectivity index is 0.00000480. The van der Waals surface area contributed by atoms with Crippen molar-refractivity contribution in [3.63, 3.8) is 0 Å². The Morgan fingerprint density at radius 1 is 1.13 bits per heavy atom. The van der Waals surface area contributed by atoms with Gasteiger partial charge in [0.15, 0.2) is 17.5 Å². The predicted molar refractivity (Wildman–Crippen MR) is 136 cm³/mol. The van der Waals surface area contributed by atoms with Gasteiger partial charge in [-0.15, -0.1) is 24.0 Å². The van der Waals surface area contributed by atoms with E-state index in [2.05, 4.69) is 27.3 Å². The summed E-state index contributed by atoms with van der Waals surface area (Å²) in [5, 5.41) is 3.51. The van der Waals surface area contributed by atoms with Crippen molar-refractivity contribution >= 4 is 29.9 Å². The van der Waals surface area contributed by atoms with Crippen LogP contribution in [-0.2, 0) is 15.9 Å². The first-order valence-corrected chi connectivity index (χ1v) is 11.1. The van der Waals surface area contributed by atoms with Crippen LogP contribution in [0.5, 0.6) is 11.5 Å². The van der Waals surface area contributed by atoms with E-state index in [9.17, 15) is 0 Å². The number of rotatable bonds is 12. The van der Waals surface area contributed by atoms with E-state index in [0.717, 1.165) is 82.4 Å². The molecule has 0 saturated carbocycles. The third-order valence-electron chi connectivity index (χ3n) is 5.25. The number of benzene rings is 1. The number of likely N-dealkylation sites (tertiary alicyclic amines) is 1. The van der Waals surface area contributed by atoms with Crippen molar-refractivity contribution in [2.24, 2.45) is 4.99 Å². The number of methoxy groups -OCH3 is 2. The summed E-state index contributed by atoms with van der Waals surface area (Å²) in [7, 11) is 5.25. The van der Waals surface area contributed by atoms with Crippen molar-refractivity contribution in [3.05, 3.63) is 23.8 Å². The minimum atomic E-state index is 0. The van der Waals surface area contributed by atoms with Crippen LogP contribution in [0.3, 0.4) is 0 Å². The summed E-state index contributed by atoms with van der Waals surface area (Å²) >= 11 is 0. The summed E-state index contributed by atoms with van der Waals surface area (Å²) in [6.07, 6.45) is 5.40. The molecule has 1 aromatic carbocycles. The Kier molecular flexibility index (Phi) is 14.7. The number of guanidine groups is 1. The second kappa shape index (κ2) is 16.4. The minimum Gasteiger partial charge on any atom is -0.493 e. The fourth-order valence-electron chi connectivity index (χ4n) is 3.66. The maximum atomic E-state index is 5.95. The van der Waals surface area contributed by atoms with E-state index in [0.29, 0.717) is 12.7 Å². The van der Waals surface area contributed by atoms with Crippen LogP contribution in [-0.4, -0.2) is 77.7 Å². The number of nitrogens with one attached hydrogen (secondary N) is 1. The van der Waals surface area contributed by atoms with Gasteiger partial charge in [-0.2, -0.15) is 0 Å². The predicted octanol–water partition coefficient (Wildman–Crippen LogP) is 3.74. The van der Waals surface area contributed by atoms with Gasteiger partial charge in [0, 0.05) is 47.0 Å². The summed E-state index contributed by atoms with van der Waals surface area (Å²) in [5.74, 6) is 2.58. The molecule has 178 valence electrons. The van der Waals surface area contributed by atoms with Gasteiger partial charge < -0.3 is 29.2 Å². The number of nitrogens with zero attached hydrogens (tertiary/aromatic N) is 2. The smallest absolute Gasteiger partial charge is 0.193 e. The van der Waals surface area contributed by atoms with Crippen molar-refractivity contribution in [2.75, 3.05) is 60.7 Å². The van der Waals surface area contributed by atoms with E-state index in [-0.39, 0.29) is 24.0 Å². The molecule has 1 fully saturated rings. The van der Waals surface area contributed by atoms with E-state index in [4.69, 9.17) is 18.9 Å². The minimum absolute atomic E-state index is 0. The zero-order chi connectivity index (χ0) is 21.6. The van der Waals surface area contributed by atoms with Crippen molar-refractivity contribution in [1.29, 1.82) is 0 Å². The Morgan fingerprint density at radius 2 is 1.90 bits per heavy atom. The molecule has 1 saturated heterocycles. The number of piperidine rings is 1. The van der Waals surface area contributed by atoms with Gasteiger partial charge in [0.25, 0.3) is 0 Å². The van der Waals surface area contributed by atoms with Crippen LogP contribution in [0.4, 0.5) is 0 Å². The lowest BCUT2D eigenvalue weighted by atomic mass is 10.1. The molecule has 0 aliphatic carbocycles. The zero-order valence-corrected chi connectivity index (χ0v) is 21.9. The number of aryl methyl sites for hydroxylation is 1. The maximum Gasteiger partial charge on any atom is 0.193 e. The van der Waals surface area contributed by atoms with Crippen molar-refractivity contribution in [2.45, 2.75) is 45.1 Å². The van der Waals surface area contributed by atoms with E-state index in [1.165, 1.54) is 5.56 Å². The Morgan fingerprint density at radius 3 is 2.55 bits per heavy atom. The van der Waals surface area contributed by atoms with E-state index < -0.39 is 0 Å². The molecule has 2 rings (SSSR count). The van der Waals surface area contributed by atoms with Gasteiger partial charge in [0.2, 0.25) is 0 Å². The number of ether oxygens (including phenoxy) is 4. The molecule has 31 heavy (non-hydrogen) atoms. The second-order valence-corrected chi connectivity index (χ2v) is 7.40. The Labute approximate surface area is 204 Å². The highest BCUT2D eigenvalue weighted by molar-refractivity contribution is 14.0. The average molecular weight is 549 g/mol. The standard InChI is InChI=1S/C23H39N3O4.HI/c1-5-29-22-18-19(9-10-21(22)28-4)8-6-13-25-23(24-2)26-14-11-20(12-15-26)30-17-7-16-27-3;/h9-10,18,20H,5-8,11-17H2,1-4H3,(H,24,25);1H. The summed E-state index contributed by atoms with van der Waals surface area (Å²) in [6, 6.07) is 6.16. The average Bonchev–Trinajstić information content (AvgIpc) is 2.78. The Bertz CT molecular complexity index is 637. The van der Waals surface area contributed by atoms with Crippen LogP contribution >= 0.6 is 24.0 Å². The molecule has 0 radical (unpaired) electrons. The van der Waals surface area contributed by atoms with Gasteiger partial charge in [0.05, 0.1) is 19.8 Å².